The van der Waals surface area contributed by atoms with E-state index in [1.165, 1.54) is 0 Å². The summed E-state index contributed by atoms with van der Waals surface area (Å²) in [6, 6.07) is 0. The molecule has 0 aromatic rings. The molecule has 1 rings (SSSR count). The molecule has 0 spiro atoms. The third-order valence-electron chi connectivity index (χ3n) is 2.50. The van der Waals surface area contributed by atoms with Crippen LogP contribution >= 0.6 is 0 Å². The third kappa shape index (κ3) is 1.31. The van der Waals surface area contributed by atoms with Crippen LogP contribution in [-0.4, -0.2) is 11.1 Å². The molecule has 10 heavy (non-hydrogen) atoms. The Labute approximate surface area is 61.2 Å². The van der Waals surface area contributed by atoms with Crippen molar-refractivity contribution in [3.05, 3.63) is 0 Å². The number of carboxylic acid groups (broad SMARTS) is 1. The molecule has 0 aliphatic heterocycles. The molecule has 58 valence electrons. The van der Waals surface area contributed by atoms with Gasteiger partial charge in [-0.2, -0.15) is 0 Å². The summed E-state index contributed by atoms with van der Waals surface area (Å²) in [6.45, 7) is 2.08. The first-order valence-electron chi connectivity index (χ1n) is 3.98. The lowest BCUT2D eigenvalue weighted by Gasteiger charge is -2.11. The van der Waals surface area contributed by atoms with Crippen molar-refractivity contribution in [1.29, 1.82) is 0 Å². The van der Waals surface area contributed by atoms with Crippen LogP contribution in [-0.2, 0) is 4.79 Å². The molecule has 0 aromatic carbocycles. The SMILES string of the molecule is CC[C@H]1CCC[C@@H]1C(=O)O. The van der Waals surface area contributed by atoms with E-state index in [0.717, 1.165) is 25.7 Å². The van der Waals surface area contributed by atoms with Gasteiger partial charge in [0.1, 0.15) is 0 Å². The maximum Gasteiger partial charge on any atom is 0.306 e. The molecule has 1 N–H and O–H groups in total. The monoisotopic (exact) mass is 142 g/mol. The van der Waals surface area contributed by atoms with E-state index in [-0.39, 0.29) is 5.92 Å². The number of hydrogen-bond donors (Lipinski definition) is 1. The van der Waals surface area contributed by atoms with E-state index in [0.29, 0.717) is 5.92 Å². The Morgan fingerprint density at radius 2 is 2.30 bits per heavy atom. The van der Waals surface area contributed by atoms with Crippen LogP contribution in [0.5, 0.6) is 0 Å². The zero-order valence-corrected chi connectivity index (χ0v) is 6.34. The van der Waals surface area contributed by atoms with Gasteiger partial charge in [-0.25, -0.2) is 0 Å². The summed E-state index contributed by atoms with van der Waals surface area (Å²) in [4.78, 5) is 10.6. The quantitative estimate of drug-likeness (QED) is 0.639. The summed E-state index contributed by atoms with van der Waals surface area (Å²) >= 11 is 0. The largest absolute Gasteiger partial charge is 0.481 e. The predicted molar refractivity (Wildman–Crippen MR) is 38.8 cm³/mol. The van der Waals surface area contributed by atoms with Crippen molar-refractivity contribution in [3.63, 3.8) is 0 Å². The molecule has 0 aromatic heterocycles. The average Bonchev–Trinajstić information content (AvgIpc) is 2.33. The van der Waals surface area contributed by atoms with Crippen LogP contribution in [0.25, 0.3) is 0 Å². The average molecular weight is 142 g/mol. The third-order valence-corrected chi connectivity index (χ3v) is 2.50. The highest BCUT2D eigenvalue weighted by atomic mass is 16.4. The summed E-state index contributed by atoms with van der Waals surface area (Å²) in [6.07, 6.45) is 4.15. The molecule has 0 radical (unpaired) electrons. The lowest BCUT2D eigenvalue weighted by Crippen LogP contribution is -2.17. The van der Waals surface area contributed by atoms with Crippen molar-refractivity contribution in [2.75, 3.05) is 0 Å². The van der Waals surface area contributed by atoms with Gasteiger partial charge in [0.2, 0.25) is 0 Å². The Kier molecular flexibility index (Phi) is 2.30. The minimum atomic E-state index is -0.593. The minimum absolute atomic E-state index is 0.0370. The molecule has 0 heterocycles. The molecular formula is C8H14O2. The Bertz CT molecular complexity index is 131. The van der Waals surface area contributed by atoms with E-state index in [1.54, 1.807) is 0 Å². The van der Waals surface area contributed by atoms with Crippen LogP contribution < -0.4 is 0 Å². The number of carboxylic acids is 1. The smallest absolute Gasteiger partial charge is 0.306 e. The van der Waals surface area contributed by atoms with E-state index in [2.05, 4.69) is 6.92 Å². The number of rotatable bonds is 2. The highest BCUT2D eigenvalue weighted by Crippen LogP contribution is 2.33. The van der Waals surface area contributed by atoms with Gasteiger partial charge in [0.25, 0.3) is 0 Å². The van der Waals surface area contributed by atoms with E-state index in [4.69, 9.17) is 5.11 Å². The molecule has 0 saturated heterocycles. The molecule has 1 saturated carbocycles. The zero-order chi connectivity index (χ0) is 7.56. The molecule has 2 nitrogen and oxygen atoms in total. The van der Waals surface area contributed by atoms with Crippen molar-refractivity contribution in [3.8, 4) is 0 Å². The van der Waals surface area contributed by atoms with E-state index in [9.17, 15) is 4.79 Å². The van der Waals surface area contributed by atoms with E-state index < -0.39 is 5.97 Å². The van der Waals surface area contributed by atoms with Crippen LogP contribution in [0.2, 0.25) is 0 Å². The fourth-order valence-electron chi connectivity index (χ4n) is 1.85. The molecule has 1 aliphatic rings. The van der Waals surface area contributed by atoms with Crippen molar-refractivity contribution in [2.24, 2.45) is 11.8 Å². The second-order valence-corrected chi connectivity index (χ2v) is 3.04. The van der Waals surface area contributed by atoms with Crippen molar-refractivity contribution in [1.82, 2.24) is 0 Å². The Morgan fingerprint density at radius 3 is 2.70 bits per heavy atom. The molecule has 0 bridgehead atoms. The first-order valence-corrected chi connectivity index (χ1v) is 3.98. The van der Waals surface area contributed by atoms with Gasteiger partial charge < -0.3 is 5.11 Å². The number of hydrogen-bond acceptors (Lipinski definition) is 1. The topological polar surface area (TPSA) is 37.3 Å². The maximum absolute atomic E-state index is 10.6. The molecule has 2 atom stereocenters. The summed E-state index contributed by atoms with van der Waals surface area (Å²) < 4.78 is 0. The highest BCUT2D eigenvalue weighted by molar-refractivity contribution is 5.70. The van der Waals surface area contributed by atoms with Gasteiger partial charge in [-0.3, -0.25) is 4.79 Å². The van der Waals surface area contributed by atoms with Gasteiger partial charge in [-0.15, -0.1) is 0 Å². The van der Waals surface area contributed by atoms with Gasteiger partial charge in [0, 0.05) is 0 Å². The van der Waals surface area contributed by atoms with E-state index in [1.807, 2.05) is 0 Å². The summed E-state index contributed by atoms with van der Waals surface area (Å²) in [5, 5.41) is 8.71. The highest BCUT2D eigenvalue weighted by Gasteiger charge is 2.30. The van der Waals surface area contributed by atoms with Crippen molar-refractivity contribution >= 4 is 5.97 Å². The fraction of sp³-hybridized carbons (Fsp3) is 0.875. The summed E-state index contributed by atoms with van der Waals surface area (Å²) in [5.41, 5.74) is 0. The van der Waals surface area contributed by atoms with Crippen molar-refractivity contribution < 1.29 is 9.90 Å². The zero-order valence-electron chi connectivity index (χ0n) is 6.34. The lowest BCUT2D eigenvalue weighted by atomic mass is 9.94. The maximum atomic E-state index is 10.6. The van der Waals surface area contributed by atoms with Crippen molar-refractivity contribution in [2.45, 2.75) is 32.6 Å². The second-order valence-electron chi connectivity index (χ2n) is 3.04. The van der Waals surface area contributed by atoms with Crippen LogP contribution in [0, 0.1) is 11.8 Å². The molecule has 1 aliphatic carbocycles. The Balaban J connectivity index is 2.50. The molecule has 1 fully saturated rings. The normalized spacial score (nSPS) is 32.5. The van der Waals surface area contributed by atoms with Crippen LogP contribution in [0.1, 0.15) is 32.6 Å². The van der Waals surface area contributed by atoms with Crippen LogP contribution in [0.4, 0.5) is 0 Å². The van der Waals surface area contributed by atoms with Crippen LogP contribution in [0.3, 0.4) is 0 Å². The molecular weight excluding hydrogens is 128 g/mol. The Hall–Kier alpha value is -0.530. The van der Waals surface area contributed by atoms with Crippen LogP contribution in [0.15, 0.2) is 0 Å². The minimum Gasteiger partial charge on any atom is -0.481 e. The first-order chi connectivity index (χ1) is 4.75. The summed E-state index contributed by atoms with van der Waals surface area (Å²) in [5.74, 6) is -0.174. The van der Waals surface area contributed by atoms with Gasteiger partial charge >= 0.3 is 5.97 Å². The lowest BCUT2D eigenvalue weighted by molar-refractivity contribution is -0.142. The number of carbonyl (C=O) groups is 1. The van der Waals surface area contributed by atoms with E-state index >= 15 is 0 Å². The fourth-order valence-corrected chi connectivity index (χ4v) is 1.85. The molecule has 0 amide bonds. The second kappa shape index (κ2) is 3.04. The Morgan fingerprint density at radius 1 is 1.60 bits per heavy atom. The predicted octanol–water partition coefficient (Wildman–Crippen LogP) is 1.90. The first kappa shape index (κ1) is 7.58. The molecule has 0 unspecified atom stereocenters. The van der Waals surface area contributed by atoms with Gasteiger partial charge in [-0.1, -0.05) is 19.8 Å². The summed E-state index contributed by atoms with van der Waals surface area (Å²) in [7, 11) is 0. The number of aliphatic carboxylic acids is 1. The van der Waals surface area contributed by atoms with Gasteiger partial charge in [0.05, 0.1) is 5.92 Å². The van der Waals surface area contributed by atoms with Gasteiger partial charge in [-0.05, 0) is 18.8 Å². The van der Waals surface area contributed by atoms with Gasteiger partial charge in [0.15, 0.2) is 0 Å². The molecule has 2 heteroatoms. The standard InChI is InChI=1S/C8H14O2/c1-2-6-4-3-5-7(6)8(9)10/h6-7H,2-5H2,1H3,(H,9,10)/t6-,7-/m0/s1.